The fourth-order valence-corrected chi connectivity index (χ4v) is 3.22. The number of fused-ring (bicyclic) bond motifs is 2. The quantitative estimate of drug-likeness (QED) is 0.941. The first-order valence-electron chi connectivity index (χ1n) is 7.69. The third-order valence-electron chi connectivity index (χ3n) is 4.24. The molecule has 1 N–H and O–H groups in total. The molecule has 0 spiro atoms. The van der Waals surface area contributed by atoms with E-state index in [-0.39, 0.29) is 5.91 Å². The predicted molar refractivity (Wildman–Crippen MR) is 87.5 cm³/mol. The maximum Gasteiger partial charge on any atom is 0.255 e. The van der Waals surface area contributed by atoms with Crippen molar-refractivity contribution in [2.45, 2.75) is 19.4 Å². The molecule has 2 aromatic rings. The lowest BCUT2D eigenvalue weighted by atomic mass is 9.99. The molecule has 2 heterocycles. The van der Waals surface area contributed by atoms with Crippen molar-refractivity contribution in [1.82, 2.24) is 5.32 Å². The Kier molecular flexibility index (Phi) is 3.62. The van der Waals surface area contributed by atoms with Crippen LogP contribution < -0.4 is 14.8 Å². The molecule has 0 unspecified atom stereocenters. The van der Waals surface area contributed by atoms with Gasteiger partial charge in [-0.3, -0.25) is 4.79 Å². The lowest BCUT2D eigenvalue weighted by Gasteiger charge is -2.13. The number of hydrogen-bond acceptors (Lipinski definition) is 3. The minimum Gasteiger partial charge on any atom is -0.493 e. The number of benzene rings is 2. The molecule has 0 fully saturated rings. The van der Waals surface area contributed by atoms with Crippen molar-refractivity contribution in [3.05, 3.63) is 57.6 Å². The van der Waals surface area contributed by atoms with E-state index in [1.54, 1.807) is 0 Å². The number of halogens is 1. The Morgan fingerprint density at radius 1 is 1.13 bits per heavy atom. The summed E-state index contributed by atoms with van der Waals surface area (Å²) in [5.41, 5.74) is 3.66. The highest BCUT2D eigenvalue weighted by molar-refractivity contribution is 6.30. The topological polar surface area (TPSA) is 47.6 Å². The Balaban J connectivity index is 1.60. The molecule has 4 rings (SSSR count). The van der Waals surface area contributed by atoms with Crippen LogP contribution in [-0.2, 0) is 19.4 Å². The van der Waals surface area contributed by atoms with Gasteiger partial charge in [0.05, 0.1) is 18.8 Å². The number of carbonyl (C=O) groups is 1. The van der Waals surface area contributed by atoms with Gasteiger partial charge in [-0.15, -0.1) is 0 Å². The molecular formula is C18H16ClNO3. The van der Waals surface area contributed by atoms with E-state index < -0.39 is 0 Å². The van der Waals surface area contributed by atoms with E-state index in [4.69, 9.17) is 21.1 Å². The molecule has 4 nitrogen and oxygen atoms in total. The SMILES string of the molecule is O=C(NCc1ccc(Cl)cc1)c1c2c(cc3c1OCC3)OCC2. The van der Waals surface area contributed by atoms with Gasteiger partial charge < -0.3 is 14.8 Å². The van der Waals surface area contributed by atoms with Gasteiger partial charge in [0.15, 0.2) is 0 Å². The van der Waals surface area contributed by atoms with Crippen LogP contribution in [0.25, 0.3) is 0 Å². The van der Waals surface area contributed by atoms with E-state index in [1.165, 1.54) is 0 Å². The van der Waals surface area contributed by atoms with Crippen LogP contribution in [0, 0.1) is 0 Å². The van der Waals surface area contributed by atoms with Crippen LogP contribution in [0.2, 0.25) is 5.02 Å². The second-order valence-electron chi connectivity index (χ2n) is 5.72. The average molecular weight is 330 g/mol. The Labute approximate surface area is 139 Å². The Morgan fingerprint density at radius 2 is 1.91 bits per heavy atom. The van der Waals surface area contributed by atoms with Crippen LogP contribution in [0.1, 0.15) is 27.0 Å². The van der Waals surface area contributed by atoms with Crippen LogP contribution >= 0.6 is 11.6 Å². The molecule has 0 saturated carbocycles. The number of nitrogens with one attached hydrogen (secondary N) is 1. The fourth-order valence-electron chi connectivity index (χ4n) is 3.10. The summed E-state index contributed by atoms with van der Waals surface area (Å²) in [5, 5.41) is 3.66. The first-order chi connectivity index (χ1) is 11.2. The number of hydrogen-bond donors (Lipinski definition) is 1. The minimum absolute atomic E-state index is 0.111. The van der Waals surface area contributed by atoms with Crippen molar-refractivity contribution < 1.29 is 14.3 Å². The van der Waals surface area contributed by atoms with Gasteiger partial charge in [0.1, 0.15) is 11.5 Å². The Hall–Kier alpha value is -2.20. The number of rotatable bonds is 3. The zero-order chi connectivity index (χ0) is 15.8. The highest BCUT2D eigenvalue weighted by atomic mass is 35.5. The highest BCUT2D eigenvalue weighted by Gasteiger charge is 2.30. The maximum atomic E-state index is 12.7. The molecule has 23 heavy (non-hydrogen) atoms. The highest BCUT2D eigenvalue weighted by Crippen LogP contribution is 2.40. The lowest BCUT2D eigenvalue weighted by Crippen LogP contribution is -2.24. The van der Waals surface area contributed by atoms with E-state index in [0.29, 0.717) is 30.3 Å². The van der Waals surface area contributed by atoms with Gasteiger partial charge in [-0.2, -0.15) is 0 Å². The molecule has 0 radical (unpaired) electrons. The standard InChI is InChI=1S/C18H16ClNO3/c19-13-3-1-11(2-4-13)10-20-18(21)16-14-6-8-22-15(14)9-12-5-7-23-17(12)16/h1-4,9H,5-8,10H2,(H,20,21). The predicted octanol–water partition coefficient (Wildman–Crippen LogP) is 3.14. The van der Waals surface area contributed by atoms with E-state index >= 15 is 0 Å². The largest absolute Gasteiger partial charge is 0.493 e. The summed E-state index contributed by atoms with van der Waals surface area (Å²) >= 11 is 5.88. The monoisotopic (exact) mass is 329 g/mol. The molecule has 0 aliphatic carbocycles. The second kappa shape index (κ2) is 5.78. The fraction of sp³-hybridized carbons (Fsp3) is 0.278. The molecule has 2 aliphatic rings. The van der Waals surface area contributed by atoms with Crippen molar-refractivity contribution in [2.24, 2.45) is 0 Å². The van der Waals surface area contributed by atoms with E-state index in [1.807, 2.05) is 30.3 Å². The third kappa shape index (κ3) is 2.63. The van der Waals surface area contributed by atoms with Crippen molar-refractivity contribution in [3.8, 4) is 11.5 Å². The molecule has 118 valence electrons. The second-order valence-corrected chi connectivity index (χ2v) is 6.16. The van der Waals surface area contributed by atoms with Crippen molar-refractivity contribution in [1.29, 1.82) is 0 Å². The Bertz CT molecular complexity index is 739. The Morgan fingerprint density at radius 3 is 2.74 bits per heavy atom. The smallest absolute Gasteiger partial charge is 0.255 e. The number of amides is 1. The molecule has 1 amide bonds. The summed E-state index contributed by atoms with van der Waals surface area (Å²) in [4.78, 5) is 12.7. The summed E-state index contributed by atoms with van der Waals surface area (Å²) in [6.07, 6.45) is 1.57. The van der Waals surface area contributed by atoms with Gasteiger partial charge >= 0.3 is 0 Å². The van der Waals surface area contributed by atoms with Crippen LogP contribution in [-0.4, -0.2) is 19.1 Å². The average Bonchev–Trinajstić information content (AvgIpc) is 3.20. The first-order valence-corrected chi connectivity index (χ1v) is 8.07. The van der Waals surface area contributed by atoms with Crippen molar-refractivity contribution >= 4 is 17.5 Å². The third-order valence-corrected chi connectivity index (χ3v) is 4.50. The minimum atomic E-state index is -0.111. The first kappa shape index (κ1) is 14.4. The zero-order valence-electron chi connectivity index (χ0n) is 12.5. The van der Waals surface area contributed by atoms with Crippen LogP contribution in [0.3, 0.4) is 0 Å². The van der Waals surface area contributed by atoms with Gasteiger partial charge in [0, 0.05) is 35.5 Å². The number of carbonyl (C=O) groups excluding carboxylic acids is 1. The van der Waals surface area contributed by atoms with Gasteiger partial charge in [0.2, 0.25) is 0 Å². The molecule has 0 saturated heterocycles. The summed E-state index contributed by atoms with van der Waals surface area (Å²) in [6.45, 7) is 1.70. The van der Waals surface area contributed by atoms with Gasteiger partial charge in [-0.05, 0) is 23.8 Å². The van der Waals surface area contributed by atoms with Gasteiger partial charge in [-0.1, -0.05) is 23.7 Å². The van der Waals surface area contributed by atoms with Crippen molar-refractivity contribution in [3.63, 3.8) is 0 Å². The normalized spacial score (nSPS) is 14.7. The van der Waals surface area contributed by atoms with E-state index in [9.17, 15) is 4.79 Å². The zero-order valence-corrected chi connectivity index (χ0v) is 13.3. The van der Waals surface area contributed by atoms with Gasteiger partial charge in [-0.25, -0.2) is 0 Å². The number of ether oxygens (including phenoxy) is 2. The molecule has 2 aromatic carbocycles. The molecule has 2 aliphatic heterocycles. The van der Waals surface area contributed by atoms with Crippen LogP contribution in [0.15, 0.2) is 30.3 Å². The summed E-state index contributed by atoms with van der Waals surface area (Å²) in [6, 6.07) is 9.46. The van der Waals surface area contributed by atoms with E-state index in [0.717, 1.165) is 41.0 Å². The lowest BCUT2D eigenvalue weighted by molar-refractivity contribution is 0.0947. The summed E-state index contributed by atoms with van der Waals surface area (Å²) in [7, 11) is 0. The molecule has 0 bridgehead atoms. The summed E-state index contributed by atoms with van der Waals surface area (Å²) < 4.78 is 11.4. The van der Waals surface area contributed by atoms with Crippen LogP contribution in [0.4, 0.5) is 0 Å². The van der Waals surface area contributed by atoms with Crippen molar-refractivity contribution in [2.75, 3.05) is 13.2 Å². The van der Waals surface area contributed by atoms with Gasteiger partial charge in [0.25, 0.3) is 5.91 Å². The molecule has 0 aromatic heterocycles. The van der Waals surface area contributed by atoms with E-state index in [2.05, 4.69) is 5.32 Å². The summed E-state index contributed by atoms with van der Waals surface area (Å²) in [5.74, 6) is 1.44. The molecule has 5 heteroatoms. The maximum absolute atomic E-state index is 12.7. The molecular weight excluding hydrogens is 314 g/mol. The van der Waals surface area contributed by atoms with Crippen LogP contribution in [0.5, 0.6) is 11.5 Å². The molecule has 0 atom stereocenters.